The first-order valence-electron chi connectivity index (χ1n) is 10.3. The molecular weight excluding hydrogens is 316 g/mol. The molecule has 2 heterocycles. The lowest BCUT2D eigenvalue weighted by atomic mass is 9.49. The standard InChI is InChI=1S/C20H30N2O3/c23-18(21-4-6-25-7-5-21)17-2-1-3-22(17)19(24)20-11-14-8-15(12-20)10-16(9-14)13-20/h14-17H,1-13H2/t14?,15?,16?,17-,20?/m0/s1. The average Bonchev–Trinajstić information content (AvgIpc) is 3.09. The SMILES string of the molecule is O=C([C@@H]1CCCN1C(=O)C12CC3CC(CC(C3)C1)C2)N1CCOCC1. The number of rotatable bonds is 2. The normalized spacial score (nSPS) is 42.9. The molecule has 6 rings (SSSR count). The van der Waals surface area contributed by atoms with Crippen LogP contribution in [0.4, 0.5) is 0 Å². The zero-order chi connectivity index (χ0) is 17.0. The van der Waals surface area contributed by atoms with E-state index >= 15 is 0 Å². The lowest BCUT2D eigenvalue weighted by molar-refractivity contribution is -0.162. The van der Waals surface area contributed by atoms with Crippen molar-refractivity contribution in [2.45, 2.75) is 57.4 Å². The molecule has 0 radical (unpaired) electrons. The van der Waals surface area contributed by atoms with Crippen LogP contribution in [-0.4, -0.2) is 60.5 Å². The molecule has 2 aliphatic heterocycles. The number of hydrogen-bond acceptors (Lipinski definition) is 3. The molecule has 0 N–H and O–H groups in total. The van der Waals surface area contributed by atoms with Gasteiger partial charge in [-0.15, -0.1) is 0 Å². The zero-order valence-electron chi connectivity index (χ0n) is 15.1. The first-order chi connectivity index (χ1) is 12.1. The van der Waals surface area contributed by atoms with Crippen LogP contribution >= 0.6 is 0 Å². The molecule has 6 aliphatic rings. The van der Waals surface area contributed by atoms with Gasteiger partial charge in [0.1, 0.15) is 6.04 Å². The van der Waals surface area contributed by atoms with Crippen molar-refractivity contribution in [2.75, 3.05) is 32.8 Å². The van der Waals surface area contributed by atoms with Gasteiger partial charge in [-0.25, -0.2) is 0 Å². The maximum atomic E-state index is 13.6. The fraction of sp³-hybridized carbons (Fsp3) is 0.900. The Hall–Kier alpha value is -1.10. The largest absolute Gasteiger partial charge is 0.378 e. The maximum Gasteiger partial charge on any atom is 0.245 e. The lowest BCUT2D eigenvalue weighted by Gasteiger charge is -2.56. The van der Waals surface area contributed by atoms with Gasteiger partial charge in [0, 0.05) is 19.6 Å². The second-order valence-corrected chi connectivity index (χ2v) is 9.29. The van der Waals surface area contributed by atoms with Crippen LogP contribution in [-0.2, 0) is 14.3 Å². The van der Waals surface area contributed by atoms with E-state index in [4.69, 9.17) is 4.74 Å². The summed E-state index contributed by atoms with van der Waals surface area (Å²) >= 11 is 0. The molecule has 0 aromatic rings. The van der Waals surface area contributed by atoms with Crippen molar-refractivity contribution in [1.29, 1.82) is 0 Å². The van der Waals surface area contributed by atoms with E-state index in [2.05, 4.69) is 0 Å². The quantitative estimate of drug-likeness (QED) is 0.769. The Bertz CT molecular complexity index is 534. The van der Waals surface area contributed by atoms with Crippen LogP contribution in [0.15, 0.2) is 0 Å². The lowest BCUT2D eigenvalue weighted by Crippen LogP contribution is -2.58. The van der Waals surface area contributed by atoms with Crippen molar-refractivity contribution < 1.29 is 14.3 Å². The Balaban J connectivity index is 1.35. The molecule has 0 spiro atoms. The van der Waals surface area contributed by atoms with E-state index in [9.17, 15) is 9.59 Å². The van der Waals surface area contributed by atoms with Gasteiger partial charge in [0.25, 0.3) is 0 Å². The molecule has 0 unspecified atom stereocenters. The number of hydrogen-bond donors (Lipinski definition) is 0. The Morgan fingerprint density at radius 2 is 1.48 bits per heavy atom. The predicted octanol–water partition coefficient (Wildman–Crippen LogP) is 2.05. The third kappa shape index (κ3) is 2.61. The number of nitrogens with zero attached hydrogens (tertiary/aromatic N) is 2. The highest BCUT2D eigenvalue weighted by molar-refractivity contribution is 5.91. The Morgan fingerprint density at radius 3 is 2.08 bits per heavy atom. The van der Waals surface area contributed by atoms with Gasteiger partial charge in [-0.1, -0.05) is 0 Å². The minimum atomic E-state index is -0.210. The molecule has 1 atom stereocenters. The summed E-state index contributed by atoms with van der Waals surface area (Å²) in [7, 11) is 0. The van der Waals surface area contributed by atoms with E-state index in [0.717, 1.165) is 56.4 Å². The van der Waals surface area contributed by atoms with E-state index in [1.807, 2.05) is 9.80 Å². The third-order valence-electron chi connectivity index (χ3n) is 7.61. The van der Waals surface area contributed by atoms with Gasteiger partial charge in [0.15, 0.2) is 0 Å². The van der Waals surface area contributed by atoms with Crippen molar-refractivity contribution in [1.82, 2.24) is 9.80 Å². The highest BCUT2D eigenvalue weighted by Crippen LogP contribution is 2.60. The topological polar surface area (TPSA) is 49.9 Å². The molecule has 6 fully saturated rings. The van der Waals surface area contributed by atoms with Crippen molar-refractivity contribution in [3.05, 3.63) is 0 Å². The predicted molar refractivity (Wildman–Crippen MR) is 92.7 cm³/mol. The average molecular weight is 346 g/mol. The molecule has 5 nitrogen and oxygen atoms in total. The maximum absolute atomic E-state index is 13.6. The van der Waals surface area contributed by atoms with Crippen molar-refractivity contribution >= 4 is 11.8 Å². The molecule has 25 heavy (non-hydrogen) atoms. The summed E-state index contributed by atoms with van der Waals surface area (Å²) in [5.41, 5.74) is -0.122. The summed E-state index contributed by atoms with van der Waals surface area (Å²) in [6.45, 7) is 3.38. The third-order valence-corrected chi connectivity index (χ3v) is 7.61. The summed E-state index contributed by atoms with van der Waals surface area (Å²) in [6, 6.07) is -0.210. The van der Waals surface area contributed by atoms with Crippen LogP contribution in [0.2, 0.25) is 0 Å². The number of carbonyl (C=O) groups is 2. The van der Waals surface area contributed by atoms with Crippen LogP contribution in [0.3, 0.4) is 0 Å². The molecule has 2 saturated heterocycles. The van der Waals surface area contributed by atoms with E-state index < -0.39 is 0 Å². The molecule has 4 aliphatic carbocycles. The van der Waals surface area contributed by atoms with E-state index in [-0.39, 0.29) is 17.4 Å². The van der Waals surface area contributed by atoms with Crippen LogP contribution in [0.5, 0.6) is 0 Å². The minimum Gasteiger partial charge on any atom is -0.378 e. The zero-order valence-corrected chi connectivity index (χ0v) is 15.1. The molecule has 138 valence electrons. The van der Waals surface area contributed by atoms with Crippen LogP contribution in [0, 0.1) is 23.2 Å². The van der Waals surface area contributed by atoms with Crippen LogP contribution in [0.1, 0.15) is 51.4 Å². The Morgan fingerprint density at radius 1 is 0.880 bits per heavy atom. The molecule has 0 aromatic heterocycles. The van der Waals surface area contributed by atoms with E-state index in [1.54, 1.807) is 0 Å². The summed E-state index contributed by atoms with van der Waals surface area (Å²) in [5.74, 6) is 2.80. The fourth-order valence-electron chi connectivity index (χ4n) is 6.94. The molecular formula is C20H30N2O3. The van der Waals surface area contributed by atoms with Gasteiger partial charge in [-0.3, -0.25) is 9.59 Å². The summed E-state index contributed by atoms with van der Waals surface area (Å²) in [6.07, 6.45) is 9.13. The van der Waals surface area contributed by atoms with Gasteiger partial charge >= 0.3 is 0 Å². The van der Waals surface area contributed by atoms with E-state index in [0.29, 0.717) is 32.2 Å². The summed E-state index contributed by atoms with van der Waals surface area (Å²) in [4.78, 5) is 30.6. The van der Waals surface area contributed by atoms with Gasteiger partial charge < -0.3 is 14.5 Å². The van der Waals surface area contributed by atoms with Crippen LogP contribution in [0.25, 0.3) is 0 Å². The van der Waals surface area contributed by atoms with Gasteiger partial charge in [-0.05, 0) is 69.1 Å². The van der Waals surface area contributed by atoms with Crippen molar-refractivity contribution in [3.63, 3.8) is 0 Å². The first kappa shape index (κ1) is 16.1. The Labute approximate surface area is 150 Å². The molecule has 5 heteroatoms. The molecule has 4 saturated carbocycles. The number of amides is 2. The highest BCUT2D eigenvalue weighted by Gasteiger charge is 2.57. The van der Waals surface area contributed by atoms with Crippen molar-refractivity contribution in [3.8, 4) is 0 Å². The number of likely N-dealkylation sites (tertiary alicyclic amines) is 1. The second-order valence-electron chi connectivity index (χ2n) is 9.29. The van der Waals surface area contributed by atoms with Crippen molar-refractivity contribution in [2.24, 2.45) is 23.2 Å². The molecule has 0 aromatic carbocycles. The smallest absolute Gasteiger partial charge is 0.245 e. The Kier molecular flexibility index (Phi) is 3.84. The monoisotopic (exact) mass is 346 g/mol. The summed E-state index contributed by atoms with van der Waals surface area (Å²) < 4.78 is 5.38. The number of carbonyl (C=O) groups excluding carboxylic acids is 2. The van der Waals surface area contributed by atoms with Gasteiger partial charge in [0.05, 0.1) is 18.6 Å². The molecule has 4 bridgehead atoms. The van der Waals surface area contributed by atoms with E-state index in [1.165, 1.54) is 19.3 Å². The fourth-order valence-corrected chi connectivity index (χ4v) is 6.94. The summed E-state index contributed by atoms with van der Waals surface area (Å²) in [5, 5.41) is 0. The first-order valence-corrected chi connectivity index (χ1v) is 10.3. The van der Waals surface area contributed by atoms with Crippen LogP contribution < -0.4 is 0 Å². The van der Waals surface area contributed by atoms with Gasteiger partial charge in [-0.2, -0.15) is 0 Å². The molecule has 2 amide bonds. The number of ether oxygens (including phenoxy) is 1. The second kappa shape index (κ2) is 5.97. The minimum absolute atomic E-state index is 0.122. The van der Waals surface area contributed by atoms with Gasteiger partial charge in [0.2, 0.25) is 11.8 Å². The highest BCUT2D eigenvalue weighted by atomic mass is 16.5. The number of morpholine rings is 1.